The van der Waals surface area contributed by atoms with Crippen molar-refractivity contribution in [3.8, 4) is 0 Å². The third-order valence-electron chi connectivity index (χ3n) is 3.65. The van der Waals surface area contributed by atoms with Crippen LogP contribution in [0.5, 0.6) is 0 Å². The molecule has 0 atom stereocenters. The minimum atomic E-state index is 0.696. The average Bonchev–Trinajstić information content (AvgIpc) is 3.06. The van der Waals surface area contributed by atoms with Crippen LogP contribution in [0.15, 0.2) is 18.5 Å². The molecule has 0 radical (unpaired) electrons. The van der Waals surface area contributed by atoms with E-state index in [-0.39, 0.29) is 0 Å². The van der Waals surface area contributed by atoms with Crippen LogP contribution in [0.25, 0.3) is 11.0 Å². The second kappa shape index (κ2) is 5.81. The normalized spacial score (nSPS) is 11.2. The maximum atomic E-state index is 4.49. The Bertz CT molecular complexity index is 759. The second-order valence-electron chi connectivity index (χ2n) is 5.27. The van der Waals surface area contributed by atoms with Crippen LogP contribution in [0, 0.1) is 13.8 Å². The minimum absolute atomic E-state index is 0.696. The molecular weight excluding hydrogens is 282 g/mol. The topological polar surface area (TPSA) is 55.6 Å². The Kier molecular flexibility index (Phi) is 3.88. The largest absolute Gasteiger partial charge is 0.374 e. The number of rotatable bonds is 5. The summed E-state index contributed by atoms with van der Waals surface area (Å²) in [6.07, 6.45) is 2.97. The maximum absolute atomic E-state index is 4.49. The number of hydrogen-bond donors (Lipinski definition) is 1. The highest BCUT2D eigenvalue weighted by Crippen LogP contribution is 2.22. The van der Waals surface area contributed by atoms with Crippen LogP contribution in [0.4, 0.5) is 5.00 Å². The van der Waals surface area contributed by atoms with Gasteiger partial charge in [-0.1, -0.05) is 11.4 Å². The summed E-state index contributed by atoms with van der Waals surface area (Å²) in [5.74, 6) is 0. The fourth-order valence-corrected chi connectivity index (χ4v) is 2.88. The quantitative estimate of drug-likeness (QED) is 0.785. The first-order chi connectivity index (χ1) is 10.2. The molecule has 1 N–H and O–H groups in total. The Hall–Kier alpha value is -1.95. The Balaban J connectivity index is 1.92. The van der Waals surface area contributed by atoms with Crippen molar-refractivity contribution < 1.29 is 0 Å². The number of nitrogens with zero attached hydrogens (tertiary/aromatic N) is 4. The first-order valence-electron chi connectivity index (χ1n) is 7.16. The van der Waals surface area contributed by atoms with Crippen molar-refractivity contribution in [3.63, 3.8) is 0 Å². The molecule has 2 aromatic heterocycles. The van der Waals surface area contributed by atoms with Gasteiger partial charge in [-0.05, 0) is 43.5 Å². The lowest BCUT2D eigenvalue weighted by Gasteiger charge is -2.06. The lowest BCUT2D eigenvalue weighted by atomic mass is 10.1. The molecular formula is C15H19N5S. The number of fused-ring (bicyclic) bond motifs is 1. The number of aryl methyl sites for hydroxylation is 2. The van der Waals surface area contributed by atoms with Gasteiger partial charge in [-0.2, -0.15) is 0 Å². The maximum Gasteiger partial charge on any atom is 0.135 e. The van der Waals surface area contributed by atoms with E-state index in [9.17, 15) is 0 Å². The Labute approximate surface area is 128 Å². The van der Waals surface area contributed by atoms with Crippen molar-refractivity contribution >= 4 is 27.6 Å². The fourth-order valence-electron chi connectivity index (χ4n) is 2.29. The molecule has 0 aliphatic heterocycles. The predicted octanol–water partition coefficient (Wildman–Crippen LogP) is 3.37. The fraction of sp³-hybridized carbons (Fsp3) is 0.400. The van der Waals surface area contributed by atoms with Gasteiger partial charge >= 0.3 is 0 Å². The van der Waals surface area contributed by atoms with E-state index in [1.165, 1.54) is 22.7 Å². The third kappa shape index (κ3) is 2.76. The van der Waals surface area contributed by atoms with Crippen LogP contribution in [0.3, 0.4) is 0 Å². The van der Waals surface area contributed by atoms with Gasteiger partial charge < -0.3 is 9.88 Å². The molecule has 1 aromatic carbocycles. The lowest BCUT2D eigenvalue weighted by Crippen LogP contribution is -2.04. The van der Waals surface area contributed by atoms with Gasteiger partial charge in [0.1, 0.15) is 10.7 Å². The predicted molar refractivity (Wildman–Crippen MR) is 87.0 cm³/mol. The number of nitrogens with one attached hydrogen (secondary N) is 1. The van der Waals surface area contributed by atoms with Crippen molar-refractivity contribution in [2.45, 2.75) is 33.7 Å². The molecule has 2 heterocycles. The summed E-state index contributed by atoms with van der Waals surface area (Å²) in [6.45, 7) is 8.03. The van der Waals surface area contributed by atoms with Crippen LogP contribution in [0.2, 0.25) is 0 Å². The van der Waals surface area contributed by atoms with Gasteiger partial charge in [-0.3, -0.25) is 0 Å². The van der Waals surface area contributed by atoms with Gasteiger partial charge in [0.25, 0.3) is 0 Å². The first-order valence-corrected chi connectivity index (χ1v) is 7.93. The number of aromatic nitrogens is 4. The summed E-state index contributed by atoms with van der Waals surface area (Å²) in [5, 5.41) is 8.69. The van der Waals surface area contributed by atoms with E-state index in [0.717, 1.165) is 34.7 Å². The number of imidazole rings is 1. The summed E-state index contributed by atoms with van der Waals surface area (Å²) in [7, 11) is 0. The molecule has 0 fully saturated rings. The molecule has 0 saturated heterocycles. The van der Waals surface area contributed by atoms with Gasteiger partial charge in [0.15, 0.2) is 0 Å². The standard InChI is InChI=1S/C15H19N5S/c1-4-5-16-15-13(18-19-21-15)8-20-9-17-12-6-10(2)11(3)7-14(12)20/h6-7,9,16H,4-5,8H2,1-3H3. The van der Waals surface area contributed by atoms with E-state index in [1.807, 2.05) is 6.33 Å². The highest BCUT2D eigenvalue weighted by atomic mass is 32.1. The van der Waals surface area contributed by atoms with Gasteiger partial charge in [-0.15, -0.1) is 5.10 Å². The zero-order chi connectivity index (χ0) is 14.8. The van der Waals surface area contributed by atoms with Gasteiger partial charge in [0.05, 0.1) is 23.9 Å². The molecule has 0 aliphatic carbocycles. The smallest absolute Gasteiger partial charge is 0.135 e. The number of anilines is 1. The first kappa shape index (κ1) is 14.0. The lowest BCUT2D eigenvalue weighted by molar-refractivity contribution is 0.790. The van der Waals surface area contributed by atoms with Gasteiger partial charge in [-0.25, -0.2) is 4.98 Å². The van der Waals surface area contributed by atoms with E-state index in [1.54, 1.807) is 0 Å². The van der Waals surface area contributed by atoms with Crippen molar-refractivity contribution in [2.75, 3.05) is 11.9 Å². The monoisotopic (exact) mass is 301 g/mol. The summed E-state index contributed by atoms with van der Waals surface area (Å²) >= 11 is 1.42. The van der Waals surface area contributed by atoms with Crippen molar-refractivity contribution in [1.82, 2.24) is 19.1 Å². The van der Waals surface area contributed by atoms with E-state index >= 15 is 0 Å². The summed E-state index contributed by atoms with van der Waals surface area (Å²) < 4.78 is 6.20. The van der Waals surface area contributed by atoms with E-state index in [4.69, 9.17) is 0 Å². The molecule has 0 bridgehead atoms. The molecule has 3 aromatic rings. The van der Waals surface area contributed by atoms with E-state index in [2.05, 4.69) is 57.4 Å². The number of hydrogen-bond acceptors (Lipinski definition) is 5. The highest BCUT2D eigenvalue weighted by Gasteiger charge is 2.11. The summed E-state index contributed by atoms with van der Waals surface area (Å²) in [4.78, 5) is 4.49. The number of benzene rings is 1. The van der Waals surface area contributed by atoms with Crippen LogP contribution < -0.4 is 5.32 Å². The zero-order valence-electron chi connectivity index (χ0n) is 12.6. The van der Waals surface area contributed by atoms with E-state index in [0.29, 0.717) is 6.54 Å². The van der Waals surface area contributed by atoms with Crippen LogP contribution in [-0.4, -0.2) is 25.7 Å². The minimum Gasteiger partial charge on any atom is -0.374 e. The molecule has 0 aliphatic rings. The van der Waals surface area contributed by atoms with Crippen molar-refractivity contribution in [1.29, 1.82) is 0 Å². The molecule has 0 saturated carbocycles. The van der Waals surface area contributed by atoms with Crippen molar-refractivity contribution in [3.05, 3.63) is 35.3 Å². The summed E-state index contributed by atoms with van der Waals surface area (Å²) in [6, 6.07) is 4.33. The van der Waals surface area contributed by atoms with Crippen LogP contribution in [0.1, 0.15) is 30.2 Å². The highest BCUT2D eigenvalue weighted by molar-refractivity contribution is 7.10. The van der Waals surface area contributed by atoms with Gasteiger partial charge in [0, 0.05) is 18.1 Å². The Morgan fingerprint density at radius 1 is 1.24 bits per heavy atom. The molecule has 3 rings (SSSR count). The Morgan fingerprint density at radius 2 is 2.05 bits per heavy atom. The van der Waals surface area contributed by atoms with Crippen LogP contribution >= 0.6 is 11.5 Å². The average molecular weight is 301 g/mol. The van der Waals surface area contributed by atoms with Gasteiger partial charge in [0.2, 0.25) is 0 Å². The Morgan fingerprint density at radius 3 is 2.86 bits per heavy atom. The molecule has 0 amide bonds. The molecule has 5 nitrogen and oxygen atoms in total. The van der Waals surface area contributed by atoms with E-state index < -0.39 is 0 Å². The van der Waals surface area contributed by atoms with Crippen molar-refractivity contribution in [2.24, 2.45) is 0 Å². The molecule has 0 unspecified atom stereocenters. The molecule has 110 valence electrons. The molecule has 0 spiro atoms. The molecule has 21 heavy (non-hydrogen) atoms. The second-order valence-corrected chi connectivity index (χ2v) is 6.03. The van der Waals surface area contributed by atoms with Crippen LogP contribution in [-0.2, 0) is 6.54 Å². The zero-order valence-corrected chi connectivity index (χ0v) is 13.4. The SMILES string of the molecule is CCCNc1snnc1Cn1cnc2cc(C)c(C)cc21. The third-order valence-corrected chi connectivity index (χ3v) is 4.37. The summed E-state index contributed by atoms with van der Waals surface area (Å²) in [5.41, 5.74) is 5.71. The molecule has 6 heteroatoms.